The van der Waals surface area contributed by atoms with Crippen LogP contribution in [0.2, 0.25) is 0 Å². The number of halogens is 3. The van der Waals surface area contributed by atoms with Gasteiger partial charge in [-0.25, -0.2) is 21.9 Å². The van der Waals surface area contributed by atoms with Gasteiger partial charge in [-0.05, 0) is 49.6 Å². The topological polar surface area (TPSA) is 124 Å². The summed E-state index contributed by atoms with van der Waals surface area (Å²) in [6.45, 7) is 2.33. The van der Waals surface area contributed by atoms with Gasteiger partial charge in [-0.3, -0.25) is 4.79 Å². The standard InChI is InChI=1S/C31H26F3N3O6S/c1-31(12-15-42-28-17(6-9-24(38)39)4-3-5-20(28)31)23-11-14-37(36-23)22-16-18(7-8-21(22)32)43-29-26(34)25(33)27-19(10-13-35-27)30(29)44(2,40)41/h3-5,7-8,10-11,13-14,16,35H,6,9,12,15H2,1-2H3,(H,38,39). The first-order valence-electron chi connectivity index (χ1n) is 13.6. The van der Waals surface area contributed by atoms with Crippen LogP contribution in [-0.4, -0.2) is 47.1 Å². The number of aromatic amines is 1. The Morgan fingerprint density at radius 2 is 1.95 bits per heavy atom. The molecule has 0 aliphatic carbocycles. The van der Waals surface area contributed by atoms with Crippen molar-refractivity contribution >= 4 is 26.7 Å². The van der Waals surface area contributed by atoms with Crippen molar-refractivity contribution in [3.8, 4) is 22.9 Å². The fraction of sp³-hybridized carbons (Fsp3) is 0.226. The first-order valence-corrected chi connectivity index (χ1v) is 15.5. The Morgan fingerprint density at radius 3 is 2.70 bits per heavy atom. The van der Waals surface area contributed by atoms with Gasteiger partial charge in [0, 0.05) is 47.5 Å². The summed E-state index contributed by atoms with van der Waals surface area (Å²) in [5, 5.41) is 13.7. The number of nitrogens with zero attached hydrogens (tertiary/aromatic N) is 2. The van der Waals surface area contributed by atoms with Gasteiger partial charge in [0.1, 0.15) is 27.9 Å². The highest BCUT2D eigenvalue weighted by atomic mass is 32.2. The van der Waals surface area contributed by atoms with Gasteiger partial charge < -0.3 is 19.6 Å². The summed E-state index contributed by atoms with van der Waals surface area (Å²) in [4.78, 5) is 13.1. The molecule has 2 N–H and O–H groups in total. The van der Waals surface area contributed by atoms with E-state index in [1.165, 1.54) is 29.1 Å². The number of carbonyl (C=O) groups is 1. The lowest BCUT2D eigenvalue weighted by Gasteiger charge is -2.35. The van der Waals surface area contributed by atoms with Crippen LogP contribution in [-0.2, 0) is 26.5 Å². The highest BCUT2D eigenvalue weighted by Gasteiger charge is 2.38. The van der Waals surface area contributed by atoms with E-state index in [9.17, 15) is 17.6 Å². The molecule has 3 aromatic carbocycles. The number of sulfone groups is 1. The Kier molecular flexibility index (Phi) is 7.15. The number of benzene rings is 3. The van der Waals surface area contributed by atoms with Crippen molar-refractivity contribution in [3.05, 3.63) is 95.2 Å². The second kappa shape index (κ2) is 10.7. The smallest absolute Gasteiger partial charge is 0.303 e. The van der Waals surface area contributed by atoms with E-state index in [0.717, 1.165) is 23.4 Å². The van der Waals surface area contributed by atoms with E-state index in [0.29, 0.717) is 30.9 Å². The zero-order valence-corrected chi connectivity index (χ0v) is 24.3. The number of carboxylic acid groups (broad SMARTS) is 1. The number of nitrogens with one attached hydrogen (secondary N) is 1. The van der Waals surface area contributed by atoms with E-state index in [2.05, 4.69) is 10.1 Å². The first kappa shape index (κ1) is 29.3. The molecule has 3 heterocycles. The van der Waals surface area contributed by atoms with Crippen molar-refractivity contribution in [2.45, 2.75) is 36.5 Å². The molecule has 0 spiro atoms. The summed E-state index contributed by atoms with van der Waals surface area (Å²) in [7, 11) is -4.09. The largest absolute Gasteiger partial charge is 0.493 e. The normalized spacial score (nSPS) is 16.5. The number of aryl methyl sites for hydroxylation is 1. The van der Waals surface area contributed by atoms with Gasteiger partial charge in [0.2, 0.25) is 5.82 Å². The monoisotopic (exact) mass is 625 g/mol. The van der Waals surface area contributed by atoms with Crippen LogP contribution in [0.3, 0.4) is 0 Å². The fourth-order valence-corrected chi connectivity index (χ4v) is 6.66. The highest BCUT2D eigenvalue weighted by molar-refractivity contribution is 7.91. The molecule has 13 heteroatoms. The molecule has 0 fully saturated rings. The zero-order valence-electron chi connectivity index (χ0n) is 23.5. The molecule has 1 aliphatic rings. The summed E-state index contributed by atoms with van der Waals surface area (Å²) in [6.07, 6.45) is 4.47. The molecular weight excluding hydrogens is 599 g/mol. The third-order valence-electron chi connectivity index (χ3n) is 7.87. The Balaban J connectivity index is 1.38. The van der Waals surface area contributed by atoms with Gasteiger partial charge in [-0.1, -0.05) is 18.2 Å². The number of hydrogen-bond acceptors (Lipinski definition) is 6. The van der Waals surface area contributed by atoms with Gasteiger partial charge in [-0.15, -0.1) is 0 Å². The van der Waals surface area contributed by atoms with Gasteiger partial charge in [0.15, 0.2) is 21.4 Å². The first-order chi connectivity index (χ1) is 20.9. The molecule has 1 unspecified atom stereocenters. The summed E-state index contributed by atoms with van der Waals surface area (Å²) >= 11 is 0. The molecule has 1 aliphatic heterocycles. The summed E-state index contributed by atoms with van der Waals surface area (Å²) in [5.74, 6) is -4.84. The highest BCUT2D eigenvalue weighted by Crippen LogP contribution is 2.45. The number of para-hydroxylation sites is 1. The summed E-state index contributed by atoms with van der Waals surface area (Å²) < 4.78 is 83.2. The Bertz CT molecular complexity index is 2060. The van der Waals surface area contributed by atoms with E-state index in [1.807, 2.05) is 25.1 Å². The third kappa shape index (κ3) is 4.96. The lowest BCUT2D eigenvalue weighted by molar-refractivity contribution is -0.136. The van der Waals surface area contributed by atoms with Crippen molar-refractivity contribution in [1.82, 2.24) is 14.8 Å². The van der Waals surface area contributed by atoms with Crippen LogP contribution in [0.25, 0.3) is 16.6 Å². The lowest BCUT2D eigenvalue weighted by Crippen LogP contribution is -2.32. The molecule has 5 aromatic rings. The second-order valence-electron chi connectivity index (χ2n) is 10.8. The average Bonchev–Trinajstić information content (AvgIpc) is 3.66. The number of aliphatic carboxylic acids is 1. The molecule has 6 rings (SSSR count). The number of carboxylic acids is 1. The van der Waals surface area contributed by atoms with Crippen LogP contribution in [0.5, 0.6) is 17.2 Å². The molecule has 228 valence electrons. The van der Waals surface area contributed by atoms with Crippen LogP contribution < -0.4 is 9.47 Å². The second-order valence-corrected chi connectivity index (χ2v) is 12.8. The molecule has 0 radical (unpaired) electrons. The fourth-order valence-electron chi connectivity index (χ4n) is 5.62. The maximum Gasteiger partial charge on any atom is 0.303 e. The number of ether oxygens (including phenoxy) is 2. The maximum atomic E-state index is 15.2. The molecule has 9 nitrogen and oxygen atoms in total. The number of fused-ring (bicyclic) bond motifs is 2. The van der Waals surface area contributed by atoms with E-state index in [-0.39, 0.29) is 28.8 Å². The van der Waals surface area contributed by atoms with Crippen LogP contribution >= 0.6 is 0 Å². The van der Waals surface area contributed by atoms with Crippen molar-refractivity contribution in [3.63, 3.8) is 0 Å². The van der Waals surface area contributed by atoms with E-state index >= 15 is 8.78 Å². The van der Waals surface area contributed by atoms with Crippen LogP contribution in [0.1, 0.15) is 36.6 Å². The Morgan fingerprint density at radius 1 is 1.16 bits per heavy atom. The average molecular weight is 626 g/mol. The minimum Gasteiger partial charge on any atom is -0.493 e. The van der Waals surface area contributed by atoms with Crippen LogP contribution in [0, 0.1) is 17.5 Å². The van der Waals surface area contributed by atoms with Crippen molar-refractivity contribution in [2.24, 2.45) is 0 Å². The number of H-pyrrole nitrogens is 1. The molecule has 0 bridgehead atoms. The molecular formula is C31H26F3N3O6S. The SMILES string of the molecule is CC1(c2ccn(-c3cc(Oc4c(F)c(F)c5[nH]ccc5c4S(C)(=O)=O)ccc3F)n2)CCOc2c(CCC(=O)O)cccc21. The van der Waals surface area contributed by atoms with Crippen LogP contribution in [0.15, 0.2) is 65.8 Å². The molecule has 0 saturated carbocycles. The number of aromatic nitrogens is 3. The lowest BCUT2D eigenvalue weighted by atomic mass is 9.74. The van der Waals surface area contributed by atoms with Gasteiger partial charge in [0.05, 0.1) is 17.8 Å². The molecule has 2 aromatic heterocycles. The van der Waals surface area contributed by atoms with Crippen LogP contribution in [0.4, 0.5) is 13.2 Å². The van der Waals surface area contributed by atoms with Crippen molar-refractivity contribution in [2.75, 3.05) is 12.9 Å². The predicted molar refractivity (Wildman–Crippen MR) is 154 cm³/mol. The molecule has 0 saturated heterocycles. The number of hydrogen-bond donors (Lipinski definition) is 2. The van der Waals surface area contributed by atoms with Gasteiger partial charge in [0.25, 0.3) is 0 Å². The molecule has 0 amide bonds. The van der Waals surface area contributed by atoms with Gasteiger partial charge >= 0.3 is 5.97 Å². The minimum atomic E-state index is -4.09. The summed E-state index contributed by atoms with van der Waals surface area (Å²) in [6, 6.07) is 12.0. The Labute approximate surface area is 249 Å². The van der Waals surface area contributed by atoms with Gasteiger partial charge in [-0.2, -0.15) is 9.49 Å². The minimum absolute atomic E-state index is 0.0515. The molecule has 44 heavy (non-hydrogen) atoms. The summed E-state index contributed by atoms with van der Waals surface area (Å²) in [5.41, 5.74) is 1.12. The van der Waals surface area contributed by atoms with Crippen molar-refractivity contribution in [1.29, 1.82) is 0 Å². The van der Waals surface area contributed by atoms with E-state index in [4.69, 9.17) is 14.6 Å². The quantitative estimate of drug-likeness (QED) is 0.201. The predicted octanol–water partition coefficient (Wildman–Crippen LogP) is 6.07. The maximum absolute atomic E-state index is 15.2. The number of rotatable bonds is 8. The Hall–Kier alpha value is -4.78. The van der Waals surface area contributed by atoms with Crippen molar-refractivity contribution < 1.29 is 41.0 Å². The third-order valence-corrected chi connectivity index (χ3v) is 9.01. The zero-order chi connectivity index (χ0) is 31.4. The molecule has 1 atom stereocenters. The van der Waals surface area contributed by atoms with E-state index < -0.39 is 49.3 Å². The van der Waals surface area contributed by atoms with E-state index in [1.54, 1.807) is 12.3 Å².